The van der Waals surface area contributed by atoms with E-state index in [9.17, 15) is 0 Å². The van der Waals surface area contributed by atoms with Gasteiger partial charge in [-0.1, -0.05) is 20.8 Å². The highest BCUT2D eigenvalue weighted by Crippen LogP contribution is 2.32. The second kappa shape index (κ2) is 8.20. The van der Waals surface area contributed by atoms with Gasteiger partial charge in [-0.3, -0.25) is 9.21 Å². The number of rotatable bonds is 5. The molecule has 4 rings (SSSR count). The van der Waals surface area contributed by atoms with Crippen LogP contribution in [-0.4, -0.2) is 47.8 Å². The maximum Gasteiger partial charge on any atom is 0.167 e. The van der Waals surface area contributed by atoms with Crippen molar-refractivity contribution < 1.29 is 9.64 Å². The van der Waals surface area contributed by atoms with Crippen LogP contribution in [0.3, 0.4) is 0 Å². The molecule has 2 aliphatic rings. The average Bonchev–Trinajstić information content (AvgIpc) is 3.25. The van der Waals surface area contributed by atoms with Crippen LogP contribution in [0.1, 0.15) is 39.4 Å². The van der Waals surface area contributed by atoms with Gasteiger partial charge in [0.25, 0.3) is 0 Å². The fourth-order valence-corrected chi connectivity index (χ4v) is 4.98. The van der Waals surface area contributed by atoms with E-state index in [0.29, 0.717) is 5.92 Å². The first-order valence-electron chi connectivity index (χ1n) is 10.6. The van der Waals surface area contributed by atoms with Crippen molar-refractivity contribution in [1.82, 2.24) is 13.9 Å². The monoisotopic (exact) mass is 416 g/mol. The summed E-state index contributed by atoms with van der Waals surface area (Å²) in [5, 5.41) is 0. The van der Waals surface area contributed by atoms with E-state index in [2.05, 4.69) is 78.6 Å². The van der Waals surface area contributed by atoms with Crippen molar-refractivity contribution in [3.8, 4) is 0 Å². The fraction of sp³-hybridized carbons (Fsp3) is 0.591. The average molecular weight is 417 g/mol. The number of nitrogens with one attached hydrogen (secondary N) is 1. The predicted molar refractivity (Wildman–Crippen MR) is 121 cm³/mol. The molecule has 6 nitrogen and oxygen atoms in total. The molecule has 1 fully saturated rings. The summed E-state index contributed by atoms with van der Waals surface area (Å²) < 4.78 is 12.5. The summed E-state index contributed by atoms with van der Waals surface area (Å²) in [6.07, 6.45) is 6.61. The number of quaternary nitrogens is 1. The van der Waals surface area contributed by atoms with E-state index in [1.54, 1.807) is 12.1 Å². The smallest absolute Gasteiger partial charge is 0.167 e. The van der Waals surface area contributed by atoms with Crippen molar-refractivity contribution in [3.63, 3.8) is 0 Å². The van der Waals surface area contributed by atoms with Gasteiger partial charge in [-0.05, 0) is 37.0 Å². The molecule has 1 unspecified atom stereocenters. The zero-order valence-corrected chi connectivity index (χ0v) is 19.1. The standard InChI is InChI=1S/C22H33N5OS/c1-22(2,3)21-23-19-14-18(25(5)29-26-11-10-24(4)16-26)6-7-20(19)27(21)15-17-8-12-28-13-9-17/h6-7,10-11,14,17H,8-9,12-13,15-16H2,1-5H3/p+1. The van der Waals surface area contributed by atoms with E-state index < -0.39 is 0 Å². The first-order valence-corrected chi connectivity index (χ1v) is 11.3. The number of fused-ring (bicyclic) bond motifs is 1. The Morgan fingerprint density at radius 1 is 1.28 bits per heavy atom. The minimum absolute atomic E-state index is 0.0126. The summed E-state index contributed by atoms with van der Waals surface area (Å²) >= 11 is 1.73. The minimum Gasteiger partial charge on any atom is -0.381 e. The number of hydrogen-bond donors (Lipinski definition) is 1. The van der Waals surface area contributed by atoms with Gasteiger partial charge in [0.05, 0.1) is 42.1 Å². The molecule has 29 heavy (non-hydrogen) atoms. The SMILES string of the molecule is CN(SN1C=C[NH+](C)C1)c1ccc2c(c1)nc(C(C)(C)C)n2CC1CCOCC1. The Labute approximate surface area is 178 Å². The van der Waals surface area contributed by atoms with Crippen molar-refractivity contribution in [2.24, 2.45) is 5.92 Å². The first kappa shape index (κ1) is 20.6. The van der Waals surface area contributed by atoms with Gasteiger partial charge in [-0.2, -0.15) is 0 Å². The zero-order valence-electron chi connectivity index (χ0n) is 18.3. The highest BCUT2D eigenvalue weighted by molar-refractivity contribution is 7.98. The Morgan fingerprint density at radius 2 is 2.03 bits per heavy atom. The molecule has 2 aromatic rings. The van der Waals surface area contributed by atoms with E-state index in [1.165, 1.54) is 21.9 Å². The van der Waals surface area contributed by atoms with Crippen LogP contribution in [0.5, 0.6) is 0 Å². The van der Waals surface area contributed by atoms with Gasteiger partial charge in [-0.25, -0.2) is 4.98 Å². The van der Waals surface area contributed by atoms with Gasteiger partial charge in [0.1, 0.15) is 12.0 Å². The summed E-state index contributed by atoms with van der Waals surface area (Å²) in [6.45, 7) is 10.6. The van der Waals surface area contributed by atoms with Crippen LogP contribution in [0.2, 0.25) is 0 Å². The zero-order chi connectivity index (χ0) is 20.6. The van der Waals surface area contributed by atoms with Crippen molar-refractivity contribution in [2.75, 3.05) is 38.3 Å². The number of aromatic nitrogens is 2. The van der Waals surface area contributed by atoms with Crippen molar-refractivity contribution >= 4 is 28.9 Å². The van der Waals surface area contributed by atoms with Crippen LogP contribution in [0.15, 0.2) is 30.6 Å². The van der Waals surface area contributed by atoms with Gasteiger partial charge in [0.15, 0.2) is 6.67 Å². The summed E-state index contributed by atoms with van der Waals surface area (Å²) in [4.78, 5) is 6.49. The van der Waals surface area contributed by atoms with Gasteiger partial charge >= 0.3 is 0 Å². The third kappa shape index (κ3) is 4.57. The Hall–Kier alpha value is -1.70. The third-order valence-electron chi connectivity index (χ3n) is 5.71. The van der Waals surface area contributed by atoms with E-state index in [4.69, 9.17) is 9.72 Å². The Kier molecular flexibility index (Phi) is 5.82. The lowest BCUT2D eigenvalue weighted by Gasteiger charge is -2.26. The van der Waals surface area contributed by atoms with Gasteiger partial charge in [0, 0.05) is 32.2 Å². The maximum absolute atomic E-state index is 5.56. The van der Waals surface area contributed by atoms with Crippen LogP contribution in [0, 0.1) is 5.92 Å². The topological polar surface area (TPSA) is 38.0 Å². The Balaban J connectivity index is 1.61. The number of hydrogen-bond acceptors (Lipinski definition) is 5. The number of imidazole rings is 1. The number of nitrogens with zero attached hydrogens (tertiary/aromatic N) is 4. The summed E-state index contributed by atoms with van der Waals surface area (Å²) in [5.41, 5.74) is 3.52. The number of ether oxygens (including phenoxy) is 1. The lowest BCUT2D eigenvalue weighted by Crippen LogP contribution is -3.03. The van der Waals surface area contributed by atoms with Crippen molar-refractivity contribution in [3.05, 3.63) is 36.4 Å². The molecule has 1 N–H and O–H groups in total. The van der Waals surface area contributed by atoms with Crippen LogP contribution in [-0.2, 0) is 16.7 Å². The van der Waals surface area contributed by atoms with Crippen molar-refractivity contribution in [2.45, 2.75) is 45.6 Å². The maximum atomic E-state index is 5.56. The molecule has 0 aliphatic carbocycles. The van der Waals surface area contributed by atoms with E-state index in [1.807, 2.05) is 0 Å². The quantitative estimate of drug-likeness (QED) is 0.759. The second-order valence-electron chi connectivity index (χ2n) is 9.34. The predicted octanol–water partition coefficient (Wildman–Crippen LogP) is 3.02. The molecule has 158 valence electrons. The van der Waals surface area contributed by atoms with Crippen molar-refractivity contribution in [1.29, 1.82) is 0 Å². The molecule has 0 amide bonds. The van der Waals surface area contributed by atoms with Gasteiger partial charge in [0.2, 0.25) is 0 Å². The normalized spacial score (nSPS) is 20.7. The van der Waals surface area contributed by atoms with Crippen LogP contribution < -0.4 is 9.21 Å². The molecule has 2 aliphatic heterocycles. The lowest BCUT2D eigenvalue weighted by atomic mass is 9.94. The van der Waals surface area contributed by atoms with Crippen LogP contribution in [0.4, 0.5) is 5.69 Å². The van der Waals surface area contributed by atoms with Gasteiger partial charge < -0.3 is 13.6 Å². The molecule has 0 spiro atoms. The number of anilines is 1. The summed E-state index contributed by atoms with van der Waals surface area (Å²) in [6, 6.07) is 6.70. The molecular weight excluding hydrogens is 382 g/mol. The molecule has 3 heterocycles. The van der Waals surface area contributed by atoms with Crippen LogP contribution >= 0.6 is 12.1 Å². The molecule has 0 bridgehead atoms. The Bertz CT molecular complexity index is 881. The first-order chi connectivity index (χ1) is 13.8. The molecule has 1 saturated heterocycles. The van der Waals surface area contributed by atoms with E-state index in [-0.39, 0.29) is 5.41 Å². The minimum atomic E-state index is 0.0126. The molecule has 1 atom stereocenters. The molecular formula is C22H34N5OS+. The summed E-state index contributed by atoms with van der Waals surface area (Å²) in [5.74, 6) is 1.85. The third-order valence-corrected chi connectivity index (χ3v) is 6.62. The fourth-order valence-electron chi connectivity index (χ4n) is 4.08. The summed E-state index contributed by atoms with van der Waals surface area (Å²) in [7, 11) is 4.29. The molecule has 1 aromatic heterocycles. The van der Waals surface area contributed by atoms with E-state index >= 15 is 0 Å². The van der Waals surface area contributed by atoms with Crippen LogP contribution in [0.25, 0.3) is 11.0 Å². The number of benzene rings is 1. The molecule has 0 radical (unpaired) electrons. The van der Waals surface area contributed by atoms with Gasteiger partial charge in [-0.15, -0.1) is 0 Å². The molecule has 1 aromatic carbocycles. The van der Waals surface area contributed by atoms with E-state index in [0.717, 1.165) is 44.8 Å². The largest absolute Gasteiger partial charge is 0.381 e. The molecule has 7 heteroatoms. The lowest BCUT2D eigenvalue weighted by molar-refractivity contribution is -0.824. The second-order valence-corrected chi connectivity index (χ2v) is 10.5. The molecule has 0 saturated carbocycles. The highest BCUT2D eigenvalue weighted by Gasteiger charge is 2.26. The Morgan fingerprint density at radius 3 is 2.69 bits per heavy atom. The highest BCUT2D eigenvalue weighted by atomic mass is 32.2.